The van der Waals surface area contributed by atoms with E-state index in [2.05, 4.69) is 15.6 Å². The van der Waals surface area contributed by atoms with Gasteiger partial charge in [0, 0.05) is 6.20 Å². The van der Waals surface area contributed by atoms with Crippen molar-refractivity contribution in [2.45, 2.75) is 32.2 Å². The van der Waals surface area contributed by atoms with Gasteiger partial charge < -0.3 is 15.7 Å². The zero-order valence-corrected chi connectivity index (χ0v) is 10.9. The lowest BCUT2D eigenvalue weighted by molar-refractivity contribution is -0.141. The average molecular weight is 265 g/mol. The summed E-state index contributed by atoms with van der Waals surface area (Å²) in [7, 11) is 0. The largest absolute Gasteiger partial charge is 0.480 e. The second kappa shape index (κ2) is 8.20. The van der Waals surface area contributed by atoms with Crippen molar-refractivity contribution in [3.8, 4) is 0 Å². The molecule has 1 heterocycles. The van der Waals surface area contributed by atoms with Crippen molar-refractivity contribution in [3.63, 3.8) is 0 Å². The quantitative estimate of drug-likeness (QED) is 0.615. The van der Waals surface area contributed by atoms with Crippen molar-refractivity contribution in [1.29, 1.82) is 0 Å². The molecule has 104 valence electrons. The number of carbonyl (C=O) groups is 2. The topological polar surface area (TPSA) is 91.3 Å². The first kappa shape index (κ1) is 15.1. The number of carboxylic acid groups (broad SMARTS) is 1. The lowest BCUT2D eigenvalue weighted by Crippen LogP contribution is -2.40. The van der Waals surface area contributed by atoms with Crippen molar-refractivity contribution in [3.05, 3.63) is 24.5 Å². The van der Waals surface area contributed by atoms with Gasteiger partial charge in [0.2, 0.25) is 5.91 Å². The number of aliphatic carboxylic acids is 1. The summed E-state index contributed by atoms with van der Waals surface area (Å²) in [6, 6.07) is 2.54. The van der Waals surface area contributed by atoms with Crippen LogP contribution >= 0.6 is 0 Å². The van der Waals surface area contributed by atoms with E-state index in [1.165, 1.54) is 6.20 Å². The molecule has 0 radical (unpaired) electrons. The lowest BCUT2D eigenvalue weighted by atomic mass is 10.2. The Hall–Kier alpha value is -1.95. The van der Waals surface area contributed by atoms with Gasteiger partial charge in [-0.2, -0.15) is 0 Å². The van der Waals surface area contributed by atoms with Crippen molar-refractivity contribution in [2.75, 3.05) is 11.9 Å². The van der Waals surface area contributed by atoms with E-state index < -0.39 is 12.0 Å². The van der Waals surface area contributed by atoms with E-state index in [0.717, 1.165) is 12.8 Å². The van der Waals surface area contributed by atoms with Gasteiger partial charge in [0.15, 0.2) is 0 Å². The fourth-order valence-corrected chi connectivity index (χ4v) is 1.53. The van der Waals surface area contributed by atoms with Crippen LogP contribution in [0.25, 0.3) is 0 Å². The number of amides is 1. The van der Waals surface area contributed by atoms with Gasteiger partial charge in [0.1, 0.15) is 6.04 Å². The molecular weight excluding hydrogens is 246 g/mol. The first-order valence-corrected chi connectivity index (χ1v) is 6.29. The third kappa shape index (κ3) is 5.96. The molecule has 0 fully saturated rings. The number of pyridine rings is 1. The van der Waals surface area contributed by atoms with Gasteiger partial charge in [0.25, 0.3) is 0 Å². The zero-order valence-electron chi connectivity index (χ0n) is 10.9. The molecule has 0 aliphatic heterocycles. The second-order valence-electron chi connectivity index (χ2n) is 4.19. The molecule has 1 aromatic heterocycles. The first-order chi connectivity index (χ1) is 9.13. The first-order valence-electron chi connectivity index (χ1n) is 6.29. The predicted octanol–water partition coefficient (Wildman–Crippen LogP) is 1.25. The molecule has 1 unspecified atom stereocenters. The smallest absolute Gasteiger partial charge is 0.321 e. The molecule has 1 rings (SSSR count). The maximum atomic E-state index is 11.7. The van der Waals surface area contributed by atoms with Crippen molar-refractivity contribution < 1.29 is 14.7 Å². The number of carboxylic acids is 1. The van der Waals surface area contributed by atoms with Crippen LogP contribution < -0.4 is 10.6 Å². The highest BCUT2D eigenvalue weighted by atomic mass is 16.4. The Morgan fingerprint density at radius 2 is 2.26 bits per heavy atom. The molecule has 0 aliphatic carbocycles. The van der Waals surface area contributed by atoms with E-state index in [9.17, 15) is 9.59 Å². The van der Waals surface area contributed by atoms with Crippen LogP contribution in [0.1, 0.15) is 26.2 Å². The van der Waals surface area contributed by atoms with Gasteiger partial charge in [-0.15, -0.1) is 0 Å². The molecule has 0 saturated carbocycles. The number of rotatable bonds is 8. The number of anilines is 1. The molecule has 0 aromatic carbocycles. The molecule has 1 aromatic rings. The van der Waals surface area contributed by atoms with E-state index in [0.29, 0.717) is 12.2 Å². The van der Waals surface area contributed by atoms with Crippen molar-refractivity contribution in [1.82, 2.24) is 10.3 Å². The third-order valence-electron chi connectivity index (χ3n) is 2.55. The molecule has 0 saturated heterocycles. The van der Waals surface area contributed by atoms with Crippen LogP contribution in [-0.4, -0.2) is 34.6 Å². The van der Waals surface area contributed by atoms with Gasteiger partial charge in [-0.1, -0.05) is 13.3 Å². The Bertz CT molecular complexity index is 409. The summed E-state index contributed by atoms with van der Waals surface area (Å²) in [6.45, 7) is 2.61. The maximum absolute atomic E-state index is 11.7. The van der Waals surface area contributed by atoms with E-state index in [-0.39, 0.29) is 12.3 Å². The summed E-state index contributed by atoms with van der Waals surface area (Å²) in [5.41, 5.74) is 0.560. The number of carbonyl (C=O) groups excluding carboxylic acids is 1. The number of nitrogens with zero attached hydrogens (tertiary/aromatic N) is 1. The Labute approximate surface area is 112 Å². The van der Waals surface area contributed by atoms with Gasteiger partial charge >= 0.3 is 5.97 Å². The minimum atomic E-state index is -1.02. The van der Waals surface area contributed by atoms with Gasteiger partial charge in [-0.25, -0.2) is 0 Å². The van der Waals surface area contributed by atoms with Gasteiger partial charge in [-0.05, 0) is 25.1 Å². The molecule has 1 atom stereocenters. The monoisotopic (exact) mass is 265 g/mol. The second-order valence-corrected chi connectivity index (χ2v) is 4.19. The van der Waals surface area contributed by atoms with Gasteiger partial charge in [-0.3, -0.25) is 14.6 Å². The molecule has 0 aliphatic rings. The highest BCUT2D eigenvalue weighted by Gasteiger charge is 2.20. The predicted molar refractivity (Wildman–Crippen MR) is 71.8 cm³/mol. The number of unbranched alkanes of at least 4 members (excludes halogenated alkanes) is 1. The van der Waals surface area contributed by atoms with Crippen LogP contribution in [0.5, 0.6) is 0 Å². The SMILES string of the molecule is CCCCNC(CC(=O)Nc1cccnc1)C(=O)O. The van der Waals surface area contributed by atoms with Crippen LogP contribution in [0.3, 0.4) is 0 Å². The Morgan fingerprint density at radius 1 is 1.47 bits per heavy atom. The van der Waals surface area contributed by atoms with E-state index in [4.69, 9.17) is 5.11 Å². The van der Waals surface area contributed by atoms with E-state index in [1.807, 2.05) is 6.92 Å². The minimum Gasteiger partial charge on any atom is -0.480 e. The average Bonchev–Trinajstić information content (AvgIpc) is 2.38. The Balaban J connectivity index is 2.45. The highest BCUT2D eigenvalue weighted by Crippen LogP contribution is 2.04. The Morgan fingerprint density at radius 3 is 2.84 bits per heavy atom. The number of aromatic nitrogens is 1. The van der Waals surface area contributed by atoms with Crippen LogP contribution in [0, 0.1) is 0 Å². The van der Waals surface area contributed by atoms with Gasteiger partial charge in [0.05, 0.1) is 18.3 Å². The molecule has 0 bridgehead atoms. The molecule has 19 heavy (non-hydrogen) atoms. The Kier molecular flexibility index (Phi) is 6.52. The molecule has 3 N–H and O–H groups in total. The molecule has 1 amide bonds. The summed E-state index contributed by atoms with van der Waals surface area (Å²) < 4.78 is 0. The summed E-state index contributed by atoms with van der Waals surface area (Å²) in [5, 5.41) is 14.5. The lowest BCUT2D eigenvalue weighted by Gasteiger charge is -2.13. The normalized spacial score (nSPS) is 11.8. The molecule has 6 heteroatoms. The maximum Gasteiger partial charge on any atom is 0.321 e. The summed E-state index contributed by atoms with van der Waals surface area (Å²) >= 11 is 0. The summed E-state index contributed by atoms with van der Waals surface area (Å²) in [5.74, 6) is -1.36. The van der Waals surface area contributed by atoms with Crippen LogP contribution in [0.4, 0.5) is 5.69 Å². The summed E-state index contributed by atoms with van der Waals surface area (Å²) in [6.07, 6.45) is 4.86. The van der Waals surface area contributed by atoms with Crippen molar-refractivity contribution in [2.24, 2.45) is 0 Å². The van der Waals surface area contributed by atoms with Crippen LogP contribution in [0.2, 0.25) is 0 Å². The number of hydrogen-bond acceptors (Lipinski definition) is 4. The fraction of sp³-hybridized carbons (Fsp3) is 0.462. The summed E-state index contributed by atoms with van der Waals surface area (Å²) in [4.78, 5) is 26.6. The third-order valence-corrected chi connectivity index (χ3v) is 2.55. The molecular formula is C13H19N3O3. The molecule has 0 spiro atoms. The van der Waals surface area contributed by atoms with E-state index in [1.54, 1.807) is 18.3 Å². The number of nitrogens with one attached hydrogen (secondary N) is 2. The highest BCUT2D eigenvalue weighted by molar-refractivity contribution is 5.93. The standard InChI is InChI=1S/C13H19N3O3/c1-2-3-7-15-11(13(18)19)8-12(17)16-10-5-4-6-14-9-10/h4-6,9,11,15H,2-3,7-8H2,1H3,(H,16,17)(H,18,19). The fourth-order valence-electron chi connectivity index (χ4n) is 1.53. The number of hydrogen-bond donors (Lipinski definition) is 3. The van der Waals surface area contributed by atoms with Crippen molar-refractivity contribution >= 4 is 17.6 Å². The van der Waals surface area contributed by atoms with Crippen LogP contribution in [0.15, 0.2) is 24.5 Å². The van der Waals surface area contributed by atoms with E-state index >= 15 is 0 Å². The zero-order chi connectivity index (χ0) is 14.1. The minimum absolute atomic E-state index is 0.103. The molecule has 6 nitrogen and oxygen atoms in total. The van der Waals surface area contributed by atoms with Crippen LogP contribution in [-0.2, 0) is 9.59 Å².